The van der Waals surface area contributed by atoms with Gasteiger partial charge in [0, 0.05) is 43.9 Å². The zero-order valence-corrected chi connectivity index (χ0v) is 14.5. The Morgan fingerprint density at radius 1 is 1.00 bits per heavy atom. The molecule has 1 saturated heterocycles. The molecule has 1 N–H and O–H groups in total. The second-order valence-electron chi connectivity index (χ2n) is 6.07. The van der Waals surface area contributed by atoms with Crippen LogP contribution in [0.3, 0.4) is 0 Å². The molecule has 2 fully saturated rings. The summed E-state index contributed by atoms with van der Waals surface area (Å²) < 4.78 is 41.4. The molecule has 0 radical (unpaired) electrons. The van der Waals surface area contributed by atoms with Crippen molar-refractivity contribution in [1.29, 1.82) is 0 Å². The number of nitrogens with one attached hydrogen (secondary N) is 1. The quantitative estimate of drug-likeness (QED) is 0.806. The maximum absolute atomic E-state index is 14.3. The Morgan fingerprint density at radius 2 is 1.61 bits per heavy atom. The van der Waals surface area contributed by atoms with Gasteiger partial charge in [0.15, 0.2) is 11.6 Å². The van der Waals surface area contributed by atoms with Crippen LogP contribution in [-0.2, 0) is 0 Å². The third-order valence-electron chi connectivity index (χ3n) is 4.73. The summed E-state index contributed by atoms with van der Waals surface area (Å²) in [6.07, 6.45) is 4.25. The first-order chi connectivity index (χ1) is 10.2. The van der Waals surface area contributed by atoms with Crippen LogP contribution in [0.1, 0.15) is 37.3 Å². The lowest BCUT2D eigenvalue weighted by Gasteiger charge is -2.38. The lowest BCUT2D eigenvalue weighted by atomic mass is 9.89. The van der Waals surface area contributed by atoms with Gasteiger partial charge in [-0.3, -0.25) is 4.90 Å². The number of hydrogen-bond acceptors (Lipinski definition) is 2. The predicted molar refractivity (Wildman–Crippen MR) is 90.0 cm³/mol. The molecule has 2 aliphatic rings. The molecule has 1 saturated carbocycles. The zero-order chi connectivity index (χ0) is 14.8. The van der Waals surface area contributed by atoms with Gasteiger partial charge in [0.25, 0.3) is 0 Å². The van der Waals surface area contributed by atoms with Crippen molar-refractivity contribution in [1.82, 2.24) is 10.2 Å². The molecule has 2 nitrogen and oxygen atoms in total. The molecule has 0 spiro atoms. The summed E-state index contributed by atoms with van der Waals surface area (Å²) in [4.78, 5) is 2.18. The molecule has 1 aromatic rings. The minimum absolute atomic E-state index is 0. The topological polar surface area (TPSA) is 15.3 Å². The second-order valence-corrected chi connectivity index (χ2v) is 6.07. The van der Waals surface area contributed by atoms with E-state index in [2.05, 4.69) is 10.2 Å². The molecule has 132 valence electrons. The molecular weight excluding hydrogens is 348 g/mol. The summed E-state index contributed by atoms with van der Waals surface area (Å²) in [7, 11) is 0. The van der Waals surface area contributed by atoms with E-state index < -0.39 is 17.5 Å². The van der Waals surface area contributed by atoms with Crippen molar-refractivity contribution >= 4 is 24.8 Å². The van der Waals surface area contributed by atoms with Crippen molar-refractivity contribution < 1.29 is 13.2 Å². The van der Waals surface area contributed by atoms with E-state index in [1.165, 1.54) is 6.07 Å². The monoisotopic (exact) mass is 370 g/mol. The largest absolute Gasteiger partial charge is 0.314 e. The smallest absolute Gasteiger partial charge is 0.163 e. The first-order valence-corrected chi connectivity index (χ1v) is 7.76. The van der Waals surface area contributed by atoms with Crippen molar-refractivity contribution in [2.75, 3.05) is 26.2 Å². The van der Waals surface area contributed by atoms with Crippen LogP contribution in [0.5, 0.6) is 0 Å². The van der Waals surface area contributed by atoms with Gasteiger partial charge < -0.3 is 5.32 Å². The maximum Gasteiger partial charge on any atom is 0.163 e. The predicted octanol–water partition coefficient (Wildman–Crippen LogP) is 4.08. The van der Waals surface area contributed by atoms with E-state index in [9.17, 15) is 13.2 Å². The molecule has 23 heavy (non-hydrogen) atoms. The molecule has 1 atom stereocenters. The Bertz CT molecular complexity index is 504. The summed E-state index contributed by atoms with van der Waals surface area (Å²) >= 11 is 0. The van der Waals surface area contributed by atoms with E-state index in [0.29, 0.717) is 12.0 Å². The maximum atomic E-state index is 14.3. The number of nitrogens with zero attached hydrogens (tertiary/aromatic N) is 1. The van der Waals surface area contributed by atoms with Crippen LogP contribution in [0.25, 0.3) is 0 Å². The first kappa shape index (κ1) is 20.6. The molecule has 3 rings (SSSR count). The Labute approximate surface area is 147 Å². The third-order valence-corrected chi connectivity index (χ3v) is 4.73. The lowest BCUT2D eigenvalue weighted by Crippen LogP contribution is -2.47. The number of halogens is 5. The zero-order valence-electron chi connectivity index (χ0n) is 12.9. The minimum Gasteiger partial charge on any atom is -0.314 e. The highest BCUT2D eigenvalue weighted by Crippen LogP contribution is 2.41. The highest BCUT2D eigenvalue weighted by Gasteiger charge is 2.34. The minimum atomic E-state index is -1.08. The van der Waals surface area contributed by atoms with E-state index >= 15 is 0 Å². The fourth-order valence-corrected chi connectivity index (χ4v) is 3.77. The van der Waals surface area contributed by atoms with Crippen LogP contribution < -0.4 is 5.32 Å². The number of benzene rings is 1. The summed E-state index contributed by atoms with van der Waals surface area (Å²) in [6, 6.07) is 1.60. The van der Waals surface area contributed by atoms with E-state index in [-0.39, 0.29) is 36.4 Å². The van der Waals surface area contributed by atoms with Crippen LogP contribution in [0.15, 0.2) is 12.1 Å². The SMILES string of the molecule is Cl.Cl.Fc1cc(F)c(F)c([C@@H](C2CCCC2)N2CCNCC2)c1. The Kier molecular flexibility index (Phi) is 8.14. The standard InChI is InChI=1S/C16H21F3N2.2ClH/c17-12-9-13(15(19)14(18)10-12)16(11-3-1-2-4-11)21-7-5-20-6-8-21;;/h9-11,16,20H,1-8H2;2*1H/t16-;;/m1../s1. The average Bonchev–Trinajstić information content (AvgIpc) is 2.99. The van der Waals surface area contributed by atoms with Gasteiger partial charge in [-0.15, -0.1) is 24.8 Å². The molecule has 0 aromatic heterocycles. The van der Waals surface area contributed by atoms with Crippen molar-refractivity contribution in [2.45, 2.75) is 31.7 Å². The average molecular weight is 371 g/mol. The van der Waals surface area contributed by atoms with Gasteiger partial charge in [-0.1, -0.05) is 12.8 Å². The van der Waals surface area contributed by atoms with Gasteiger partial charge in [0.1, 0.15) is 5.82 Å². The van der Waals surface area contributed by atoms with Gasteiger partial charge in [0.2, 0.25) is 0 Å². The summed E-state index contributed by atoms with van der Waals surface area (Å²) in [5.41, 5.74) is 0.196. The Balaban J connectivity index is 0.00000132. The number of piperazine rings is 1. The Hall–Kier alpha value is -0.490. The van der Waals surface area contributed by atoms with Crippen molar-refractivity contribution in [2.24, 2.45) is 5.92 Å². The molecular formula is C16H23Cl2F3N2. The number of hydrogen-bond donors (Lipinski definition) is 1. The Morgan fingerprint density at radius 3 is 2.22 bits per heavy atom. The van der Waals surface area contributed by atoms with E-state index in [0.717, 1.165) is 51.9 Å². The van der Waals surface area contributed by atoms with Gasteiger partial charge in [-0.05, 0) is 24.8 Å². The summed E-state index contributed by atoms with van der Waals surface area (Å²) in [5.74, 6) is -2.37. The van der Waals surface area contributed by atoms with Crippen LogP contribution in [0.2, 0.25) is 0 Å². The van der Waals surface area contributed by atoms with Crippen LogP contribution >= 0.6 is 24.8 Å². The van der Waals surface area contributed by atoms with Crippen LogP contribution in [-0.4, -0.2) is 31.1 Å². The van der Waals surface area contributed by atoms with Gasteiger partial charge in [-0.2, -0.15) is 0 Å². The van der Waals surface area contributed by atoms with E-state index in [4.69, 9.17) is 0 Å². The van der Waals surface area contributed by atoms with Gasteiger partial charge in [0.05, 0.1) is 0 Å². The summed E-state index contributed by atoms with van der Waals surface area (Å²) in [6.45, 7) is 3.25. The fourth-order valence-electron chi connectivity index (χ4n) is 3.77. The van der Waals surface area contributed by atoms with Gasteiger partial charge in [-0.25, -0.2) is 13.2 Å². The van der Waals surface area contributed by atoms with Crippen molar-refractivity contribution in [3.63, 3.8) is 0 Å². The number of rotatable bonds is 3. The van der Waals surface area contributed by atoms with Crippen LogP contribution in [0, 0.1) is 23.4 Å². The molecule has 7 heteroatoms. The first-order valence-electron chi connectivity index (χ1n) is 7.76. The third kappa shape index (κ3) is 4.53. The molecule has 0 unspecified atom stereocenters. The normalized spacial score (nSPS) is 20.7. The van der Waals surface area contributed by atoms with E-state index in [1.807, 2.05) is 0 Å². The molecule has 1 aliphatic carbocycles. The van der Waals surface area contributed by atoms with Gasteiger partial charge >= 0.3 is 0 Å². The highest BCUT2D eigenvalue weighted by molar-refractivity contribution is 5.85. The lowest BCUT2D eigenvalue weighted by molar-refractivity contribution is 0.121. The van der Waals surface area contributed by atoms with Crippen LogP contribution in [0.4, 0.5) is 13.2 Å². The van der Waals surface area contributed by atoms with E-state index in [1.54, 1.807) is 0 Å². The molecule has 1 heterocycles. The molecule has 1 aliphatic heterocycles. The molecule has 0 bridgehead atoms. The van der Waals surface area contributed by atoms with Crippen molar-refractivity contribution in [3.8, 4) is 0 Å². The fraction of sp³-hybridized carbons (Fsp3) is 0.625. The molecule has 0 amide bonds. The summed E-state index contributed by atoms with van der Waals surface area (Å²) in [5, 5.41) is 3.27. The second kappa shape index (κ2) is 9.11. The van der Waals surface area contributed by atoms with Crippen molar-refractivity contribution in [3.05, 3.63) is 35.1 Å². The highest BCUT2D eigenvalue weighted by atomic mass is 35.5. The molecule has 1 aromatic carbocycles.